The number of hydrogen-bond acceptors (Lipinski definition) is 4. The second-order valence-electron chi connectivity index (χ2n) is 3.61. The van der Waals surface area contributed by atoms with Crippen molar-refractivity contribution in [3.8, 4) is 0 Å². The number of rotatable bonds is 3. The number of carboxylic acid groups (broad SMARTS) is 1. The van der Waals surface area contributed by atoms with Gasteiger partial charge in [0.1, 0.15) is 11.2 Å². The van der Waals surface area contributed by atoms with E-state index in [0.29, 0.717) is 0 Å². The molecule has 1 aliphatic rings. The van der Waals surface area contributed by atoms with Gasteiger partial charge in [-0.3, -0.25) is 9.59 Å². The van der Waals surface area contributed by atoms with Gasteiger partial charge in [-0.2, -0.15) is 0 Å². The van der Waals surface area contributed by atoms with Crippen LogP contribution in [0.5, 0.6) is 0 Å². The van der Waals surface area contributed by atoms with Crippen LogP contribution < -0.4 is 10.2 Å². The predicted octanol–water partition coefficient (Wildman–Crippen LogP) is 0.635. The molecule has 0 aliphatic carbocycles. The molecule has 94 valence electrons. The molecule has 2 rings (SSSR count). The van der Waals surface area contributed by atoms with Gasteiger partial charge in [0, 0.05) is 6.20 Å². The standard InChI is InChI=1S/C10H8ClN3O4/c11-7-3-5(1-2-12-7)14-9(17)6(4-8(15)16)13-10(14)18/h1-3,6H,4H2,(H,13,18)(H,15,16)/t6-/m1/s1. The van der Waals surface area contributed by atoms with Crippen LogP contribution in [0.4, 0.5) is 10.5 Å². The molecule has 1 aliphatic heterocycles. The normalized spacial score (nSPS) is 18.9. The fourth-order valence-corrected chi connectivity index (χ4v) is 1.79. The van der Waals surface area contributed by atoms with E-state index in [1.165, 1.54) is 18.3 Å². The van der Waals surface area contributed by atoms with Gasteiger partial charge in [-0.15, -0.1) is 0 Å². The van der Waals surface area contributed by atoms with Gasteiger partial charge in [-0.05, 0) is 12.1 Å². The third kappa shape index (κ3) is 2.25. The Morgan fingerprint density at radius 1 is 1.56 bits per heavy atom. The maximum Gasteiger partial charge on any atom is 0.329 e. The first-order valence-corrected chi connectivity index (χ1v) is 5.34. The average Bonchev–Trinajstić information content (AvgIpc) is 2.53. The highest BCUT2D eigenvalue weighted by molar-refractivity contribution is 6.30. The summed E-state index contributed by atoms with van der Waals surface area (Å²) in [6.07, 6.45) is 0.892. The zero-order valence-corrected chi connectivity index (χ0v) is 9.72. The molecular weight excluding hydrogens is 262 g/mol. The number of anilines is 1. The summed E-state index contributed by atoms with van der Waals surface area (Å²) < 4.78 is 0. The van der Waals surface area contributed by atoms with Crippen molar-refractivity contribution >= 4 is 35.2 Å². The predicted molar refractivity (Wildman–Crippen MR) is 61.3 cm³/mol. The van der Waals surface area contributed by atoms with Crippen molar-refractivity contribution in [2.75, 3.05) is 4.90 Å². The highest BCUT2D eigenvalue weighted by Crippen LogP contribution is 2.22. The number of carbonyl (C=O) groups is 3. The topological polar surface area (TPSA) is 99.6 Å². The zero-order chi connectivity index (χ0) is 13.3. The van der Waals surface area contributed by atoms with E-state index < -0.39 is 30.4 Å². The fraction of sp³-hybridized carbons (Fsp3) is 0.200. The molecule has 18 heavy (non-hydrogen) atoms. The summed E-state index contributed by atoms with van der Waals surface area (Å²) in [6.45, 7) is 0. The Bertz CT molecular complexity index is 534. The molecule has 1 fully saturated rings. The summed E-state index contributed by atoms with van der Waals surface area (Å²) in [4.78, 5) is 38.6. The summed E-state index contributed by atoms with van der Waals surface area (Å²) in [6, 6.07) is 1.06. The average molecular weight is 270 g/mol. The lowest BCUT2D eigenvalue weighted by Gasteiger charge is -2.12. The summed E-state index contributed by atoms with van der Waals surface area (Å²) in [5.74, 6) is -1.78. The van der Waals surface area contributed by atoms with Crippen LogP contribution in [0.15, 0.2) is 18.3 Å². The molecule has 2 N–H and O–H groups in total. The van der Waals surface area contributed by atoms with Gasteiger partial charge in [0.05, 0.1) is 12.1 Å². The summed E-state index contributed by atoms with van der Waals surface area (Å²) >= 11 is 5.66. The highest BCUT2D eigenvalue weighted by Gasteiger charge is 2.40. The lowest BCUT2D eigenvalue weighted by Crippen LogP contribution is -2.32. The first-order chi connectivity index (χ1) is 8.49. The van der Waals surface area contributed by atoms with Gasteiger partial charge >= 0.3 is 12.0 Å². The Labute approximate surface area is 106 Å². The van der Waals surface area contributed by atoms with Crippen LogP contribution in [0.25, 0.3) is 0 Å². The smallest absolute Gasteiger partial charge is 0.329 e. The van der Waals surface area contributed by atoms with Crippen molar-refractivity contribution in [1.29, 1.82) is 0 Å². The highest BCUT2D eigenvalue weighted by atomic mass is 35.5. The summed E-state index contributed by atoms with van der Waals surface area (Å²) in [5, 5.41) is 11.1. The number of pyridine rings is 1. The van der Waals surface area contributed by atoms with Gasteiger partial charge < -0.3 is 10.4 Å². The van der Waals surface area contributed by atoms with E-state index >= 15 is 0 Å². The van der Waals surface area contributed by atoms with E-state index in [1.807, 2.05) is 0 Å². The second-order valence-corrected chi connectivity index (χ2v) is 4.00. The van der Waals surface area contributed by atoms with E-state index in [2.05, 4.69) is 10.3 Å². The molecule has 1 aromatic heterocycles. The molecule has 0 aromatic carbocycles. The van der Waals surface area contributed by atoms with Gasteiger partial charge in [0.2, 0.25) is 0 Å². The molecule has 0 unspecified atom stereocenters. The number of halogens is 1. The van der Waals surface area contributed by atoms with Gasteiger partial charge in [-0.1, -0.05) is 11.6 Å². The van der Waals surface area contributed by atoms with Gasteiger partial charge in [-0.25, -0.2) is 14.7 Å². The van der Waals surface area contributed by atoms with Crippen molar-refractivity contribution in [2.45, 2.75) is 12.5 Å². The number of nitrogens with one attached hydrogen (secondary N) is 1. The monoisotopic (exact) mass is 269 g/mol. The van der Waals surface area contributed by atoms with Crippen LogP contribution in [0.2, 0.25) is 5.15 Å². The lowest BCUT2D eigenvalue weighted by atomic mass is 10.2. The molecule has 3 amide bonds. The molecule has 1 saturated heterocycles. The first-order valence-electron chi connectivity index (χ1n) is 4.97. The van der Waals surface area contributed by atoms with E-state index in [-0.39, 0.29) is 10.8 Å². The Hall–Kier alpha value is -2.15. The Kier molecular flexibility index (Phi) is 3.15. The lowest BCUT2D eigenvalue weighted by molar-refractivity contribution is -0.139. The maximum atomic E-state index is 11.9. The van der Waals surface area contributed by atoms with Crippen LogP contribution >= 0.6 is 11.6 Å². The van der Waals surface area contributed by atoms with Crippen LogP contribution in [0.3, 0.4) is 0 Å². The minimum absolute atomic E-state index is 0.134. The largest absolute Gasteiger partial charge is 0.481 e. The molecule has 0 bridgehead atoms. The quantitative estimate of drug-likeness (QED) is 0.619. The fourth-order valence-electron chi connectivity index (χ4n) is 1.62. The zero-order valence-electron chi connectivity index (χ0n) is 8.96. The number of aliphatic carboxylic acids is 1. The van der Waals surface area contributed by atoms with Crippen molar-refractivity contribution in [3.05, 3.63) is 23.5 Å². The van der Waals surface area contributed by atoms with Crippen LogP contribution in [-0.2, 0) is 9.59 Å². The van der Waals surface area contributed by atoms with E-state index in [1.54, 1.807) is 0 Å². The van der Waals surface area contributed by atoms with E-state index in [9.17, 15) is 14.4 Å². The number of nitrogens with zero attached hydrogens (tertiary/aromatic N) is 2. The third-order valence-electron chi connectivity index (χ3n) is 2.37. The summed E-state index contributed by atoms with van der Waals surface area (Å²) in [7, 11) is 0. The molecule has 7 nitrogen and oxygen atoms in total. The second kappa shape index (κ2) is 4.61. The number of carbonyl (C=O) groups excluding carboxylic acids is 2. The van der Waals surface area contributed by atoms with Crippen molar-refractivity contribution in [3.63, 3.8) is 0 Å². The molecule has 1 atom stereocenters. The molecule has 0 spiro atoms. The van der Waals surface area contributed by atoms with Crippen LogP contribution in [0.1, 0.15) is 6.42 Å². The van der Waals surface area contributed by atoms with Crippen molar-refractivity contribution < 1.29 is 19.5 Å². The van der Waals surface area contributed by atoms with E-state index in [0.717, 1.165) is 4.90 Å². The maximum absolute atomic E-state index is 11.9. The van der Waals surface area contributed by atoms with Crippen molar-refractivity contribution in [2.24, 2.45) is 0 Å². The Morgan fingerprint density at radius 2 is 2.28 bits per heavy atom. The van der Waals surface area contributed by atoms with Crippen LogP contribution in [0, 0.1) is 0 Å². The SMILES string of the molecule is O=C(O)C[C@H]1NC(=O)N(c2ccnc(Cl)c2)C1=O. The molecule has 1 aromatic rings. The number of amides is 3. The number of urea groups is 1. The van der Waals surface area contributed by atoms with E-state index in [4.69, 9.17) is 16.7 Å². The number of hydrogen-bond donors (Lipinski definition) is 2. The molecule has 0 radical (unpaired) electrons. The third-order valence-corrected chi connectivity index (χ3v) is 2.57. The minimum Gasteiger partial charge on any atom is -0.481 e. The summed E-state index contributed by atoms with van der Waals surface area (Å²) in [5.41, 5.74) is 0.255. The van der Waals surface area contributed by atoms with Crippen molar-refractivity contribution in [1.82, 2.24) is 10.3 Å². The first kappa shape index (κ1) is 12.3. The molecular formula is C10H8ClN3O4. The molecule has 8 heteroatoms. The molecule has 2 heterocycles. The van der Waals surface area contributed by atoms with Gasteiger partial charge in [0.15, 0.2) is 0 Å². The number of aromatic nitrogens is 1. The number of carboxylic acids is 1. The minimum atomic E-state index is -1.16. The molecule has 0 saturated carbocycles. The Balaban J connectivity index is 2.27. The van der Waals surface area contributed by atoms with Crippen LogP contribution in [-0.4, -0.2) is 34.0 Å². The van der Waals surface area contributed by atoms with Gasteiger partial charge in [0.25, 0.3) is 5.91 Å². The number of imide groups is 1. The Morgan fingerprint density at radius 3 is 2.89 bits per heavy atom.